The molecule has 0 bridgehead atoms. The van der Waals surface area contributed by atoms with Crippen molar-refractivity contribution in [2.45, 2.75) is 39.5 Å². The summed E-state index contributed by atoms with van der Waals surface area (Å²) in [5.74, 6) is 1.32. The van der Waals surface area contributed by atoms with Crippen LogP contribution in [0.3, 0.4) is 0 Å². The third-order valence-corrected chi connectivity index (χ3v) is 3.32. The maximum Gasteiger partial charge on any atom is 0.175 e. The van der Waals surface area contributed by atoms with Crippen LogP contribution in [-0.2, 0) is 6.54 Å². The lowest BCUT2D eigenvalue weighted by Crippen LogP contribution is -2.26. The van der Waals surface area contributed by atoms with Gasteiger partial charge in [0.1, 0.15) is 6.10 Å². The molecular formula is C14H22BrNO3. The summed E-state index contributed by atoms with van der Waals surface area (Å²) in [4.78, 5) is 0. The molecule has 0 heterocycles. The topological polar surface area (TPSA) is 50.7 Å². The van der Waals surface area contributed by atoms with E-state index < -0.39 is 6.10 Å². The molecule has 0 saturated carbocycles. The highest BCUT2D eigenvalue weighted by molar-refractivity contribution is 9.10. The lowest BCUT2D eigenvalue weighted by molar-refractivity contribution is 0.0577. The summed E-state index contributed by atoms with van der Waals surface area (Å²) < 4.78 is 12.2. The monoisotopic (exact) mass is 331 g/mol. The molecule has 1 aromatic carbocycles. The Kier molecular flexibility index (Phi) is 6.62. The zero-order valence-electron chi connectivity index (χ0n) is 11.9. The molecular weight excluding hydrogens is 310 g/mol. The summed E-state index contributed by atoms with van der Waals surface area (Å²) in [7, 11) is 1.90. The Balaban J connectivity index is 3.06. The summed E-state index contributed by atoms with van der Waals surface area (Å²) in [5.41, 5.74) is 1.11. The molecule has 1 aromatic rings. The number of rotatable bonds is 7. The van der Waals surface area contributed by atoms with Gasteiger partial charge in [0, 0.05) is 6.54 Å². The van der Waals surface area contributed by atoms with Gasteiger partial charge in [0.05, 0.1) is 17.2 Å². The van der Waals surface area contributed by atoms with Crippen LogP contribution in [0, 0.1) is 0 Å². The number of aliphatic hydroxyl groups is 1. The molecule has 108 valence electrons. The van der Waals surface area contributed by atoms with Crippen LogP contribution in [0.15, 0.2) is 16.6 Å². The molecule has 0 amide bonds. The van der Waals surface area contributed by atoms with Crippen molar-refractivity contribution in [3.8, 4) is 11.5 Å². The lowest BCUT2D eigenvalue weighted by atomic mass is 10.2. The summed E-state index contributed by atoms with van der Waals surface area (Å²) in [6.45, 7) is 6.78. The number of nitrogens with one attached hydrogen (secondary N) is 1. The Morgan fingerprint density at radius 3 is 2.58 bits per heavy atom. The van der Waals surface area contributed by atoms with E-state index in [0.717, 1.165) is 16.6 Å². The highest BCUT2D eigenvalue weighted by atomic mass is 79.9. The molecule has 2 atom stereocenters. The molecule has 2 unspecified atom stereocenters. The quantitative estimate of drug-likeness (QED) is 0.806. The molecule has 1 rings (SSSR count). The second-order valence-corrected chi connectivity index (χ2v) is 5.29. The summed E-state index contributed by atoms with van der Waals surface area (Å²) in [6, 6.07) is 3.94. The average Bonchev–Trinajstić information content (AvgIpc) is 2.34. The van der Waals surface area contributed by atoms with Gasteiger partial charge < -0.3 is 19.9 Å². The molecule has 0 aromatic heterocycles. The Morgan fingerprint density at radius 1 is 1.37 bits per heavy atom. The van der Waals surface area contributed by atoms with E-state index >= 15 is 0 Å². The summed E-state index contributed by atoms with van der Waals surface area (Å²) in [6.07, 6.45) is -0.844. The number of aliphatic hydroxyl groups excluding tert-OH is 1. The molecule has 5 heteroatoms. The summed E-state index contributed by atoms with van der Waals surface area (Å²) >= 11 is 3.50. The molecule has 0 saturated heterocycles. The minimum Gasteiger partial charge on any atom is -0.490 e. The largest absolute Gasteiger partial charge is 0.490 e. The zero-order valence-corrected chi connectivity index (χ0v) is 13.5. The maximum absolute atomic E-state index is 9.54. The first-order valence-electron chi connectivity index (χ1n) is 6.44. The van der Waals surface area contributed by atoms with Crippen LogP contribution in [0.5, 0.6) is 11.5 Å². The molecule has 4 nitrogen and oxygen atoms in total. The van der Waals surface area contributed by atoms with Crippen LogP contribution in [-0.4, -0.2) is 31.0 Å². The molecule has 0 spiro atoms. The van der Waals surface area contributed by atoms with E-state index in [1.165, 1.54) is 0 Å². The second-order valence-electron chi connectivity index (χ2n) is 4.43. The van der Waals surface area contributed by atoms with Crippen molar-refractivity contribution < 1.29 is 14.6 Å². The molecule has 0 fully saturated rings. The van der Waals surface area contributed by atoms with Crippen molar-refractivity contribution in [3.63, 3.8) is 0 Å². The molecule has 19 heavy (non-hydrogen) atoms. The van der Waals surface area contributed by atoms with Crippen molar-refractivity contribution in [2.24, 2.45) is 0 Å². The number of hydrogen-bond donors (Lipinski definition) is 2. The smallest absolute Gasteiger partial charge is 0.175 e. The van der Waals surface area contributed by atoms with Crippen LogP contribution in [0.2, 0.25) is 0 Å². The fourth-order valence-electron chi connectivity index (χ4n) is 1.59. The fraction of sp³-hybridized carbons (Fsp3) is 0.571. The van der Waals surface area contributed by atoms with Gasteiger partial charge in [-0.05, 0) is 61.4 Å². The van der Waals surface area contributed by atoms with Crippen molar-refractivity contribution >= 4 is 15.9 Å². The van der Waals surface area contributed by atoms with Gasteiger partial charge in [-0.1, -0.05) is 0 Å². The predicted molar refractivity (Wildman–Crippen MR) is 79.8 cm³/mol. The highest BCUT2D eigenvalue weighted by Crippen LogP contribution is 2.37. The van der Waals surface area contributed by atoms with E-state index in [0.29, 0.717) is 18.1 Å². The van der Waals surface area contributed by atoms with Gasteiger partial charge in [0.25, 0.3) is 0 Å². The van der Waals surface area contributed by atoms with E-state index in [1.807, 2.05) is 33.0 Å². The van der Waals surface area contributed by atoms with Crippen molar-refractivity contribution in [1.29, 1.82) is 0 Å². The summed E-state index contributed by atoms with van der Waals surface area (Å²) in [5, 5.41) is 12.6. The fourth-order valence-corrected chi connectivity index (χ4v) is 2.17. The second kappa shape index (κ2) is 7.72. The van der Waals surface area contributed by atoms with Crippen LogP contribution in [0.25, 0.3) is 0 Å². The van der Waals surface area contributed by atoms with Gasteiger partial charge in [-0.2, -0.15) is 0 Å². The van der Waals surface area contributed by atoms with Crippen LogP contribution in [0.4, 0.5) is 0 Å². The first kappa shape index (κ1) is 16.3. The standard InChI is InChI=1S/C14H22BrNO3/c1-5-18-13-7-11(8-16-4)6-12(15)14(13)19-10(3)9(2)17/h6-7,9-10,16-17H,5,8H2,1-4H3. The van der Waals surface area contributed by atoms with E-state index in [1.54, 1.807) is 6.92 Å². The third-order valence-electron chi connectivity index (χ3n) is 2.73. The SMILES string of the molecule is CCOc1cc(CNC)cc(Br)c1OC(C)C(C)O. The van der Waals surface area contributed by atoms with Gasteiger partial charge in [0.2, 0.25) is 0 Å². The number of hydrogen-bond acceptors (Lipinski definition) is 4. The lowest BCUT2D eigenvalue weighted by Gasteiger charge is -2.21. The predicted octanol–water partition coefficient (Wildman–Crippen LogP) is 2.72. The Morgan fingerprint density at radius 2 is 2.05 bits per heavy atom. The highest BCUT2D eigenvalue weighted by Gasteiger charge is 2.17. The van der Waals surface area contributed by atoms with Crippen molar-refractivity contribution in [1.82, 2.24) is 5.32 Å². The normalized spacial score (nSPS) is 14.0. The Labute approximate surface area is 123 Å². The van der Waals surface area contributed by atoms with Crippen LogP contribution >= 0.6 is 15.9 Å². The van der Waals surface area contributed by atoms with Gasteiger partial charge in [-0.15, -0.1) is 0 Å². The molecule has 0 aliphatic carbocycles. The Bertz CT molecular complexity index is 410. The average molecular weight is 332 g/mol. The minimum atomic E-state index is -0.543. The molecule has 2 N–H and O–H groups in total. The first-order valence-corrected chi connectivity index (χ1v) is 7.23. The van der Waals surface area contributed by atoms with E-state index in [9.17, 15) is 5.11 Å². The van der Waals surface area contributed by atoms with Gasteiger partial charge in [0.15, 0.2) is 11.5 Å². The Hall–Kier alpha value is -0.780. The minimum absolute atomic E-state index is 0.300. The van der Waals surface area contributed by atoms with E-state index in [-0.39, 0.29) is 6.10 Å². The molecule has 0 aliphatic heterocycles. The third kappa shape index (κ3) is 4.67. The van der Waals surface area contributed by atoms with Gasteiger partial charge >= 0.3 is 0 Å². The van der Waals surface area contributed by atoms with Crippen LogP contribution < -0.4 is 14.8 Å². The van der Waals surface area contributed by atoms with Crippen molar-refractivity contribution in [2.75, 3.05) is 13.7 Å². The van der Waals surface area contributed by atoms with Crippen LogP contribution in [0.1, 0.15) is 26.3 Å². The van der Waals surface area contributed by atoms with E-state index in [4.69, 9.17) is 9.47 Å². The molecule has 0 aliphatic rings. The van der Waals surface area contributed by atoms with Gasteiger partial charge in [-0.3, -0.25) is 0 Å². The zero-order chi connectivity index (χ0) is 14.4. The number of ether oxygens (including phenoxy) is 2. The maximum atomic E-state index is 9.54. The number of halogens is 1. The van der Waals surface area contributed by atoms with Gasteiger partial charge in [-0.25, -0.2) is 0 Å². The van der Waals surface area contributed by atoms with E-state index in [2.05, 4.69) is 21.2 Å². The molecule has 0 radical (unpaired) electrons. The first-order chi connectivity index (χ1) is 8.99. The number of benzene rings is 1. The van der Waals surface area contributed by atoms with Crippen molar-refractivity contribution in [3.05, 3.63) is 22.2 Å².